The Bertz CT molecular complexity index is 825. The van der Waals surface area contributed by atoms with Crippen LogP contribution in [0.2, 0.25) is 0 Å². The molecule has 0 unspecified atom stereocenters. The van der Waals surface area contributed by atoms with Crippen molar-refractivity contribution in [3.63, 3.8) is 0 Å². The number of carbonyl (C=O) groups excluding carboxylic acids is 1. The molecular weight excluding hydrogens is 260 g/mol. The van der Waals surface area contributed by atoms with Gasteiger partial charge in [-0.3, -0.25) is 4.79 Å². The molecule has 0 fully saturated rings. The summed E-state index contributed by atoms with van der Waals surface area (Å²) in [7, 11) is 0. The van der Waals surface area contributed by atoms with Crippen molar-refractivity contribution in [1.29, 1.82) is 5.26 Å². The molecule has 0 atom stereocenters. The molecule has 3 nitrogen and oxygen atoms in total. The second-order valence-corrected chi connectivity index (χ2v) is 5.03. The minimum Gasteiger partial charge on any atom is -0.340 e. The molecule has 2 aromatic carbocycles. The number of carbonyl (C=O) groups is 1. The van der Waals surface area contributed by atoms with Gasteiger partial charge in [0.1, 0.15) is 0 Å². The van der Waals surface area contributed by atoms with Crippen LogP contribution in [0.5, 0.6) is 0 Å². The van der Waals surface area contributed by atoms with E-state index in [2.05, 4.69) is 6.07 Å². The molecule has 1 heterocycles. The molecule has 0 saturated heterocycles. The molecular formula is C18H14N2O. The Kier molecular flexibility index (Phi) is 3.53. The van der Waals surface area contributed by atoms with Gasteiger partial charge in [-0.25, -0.2) is 0 Å². The van der Waals surface area contributed by atoms with Gasteiger partial charge in [-0.1, -0.05) is 30.3 Å². The van der Waals surface area contributed by atoms with Crippen molar-refractivity contribution in [3.8, 4) is 6.07 Å². The summed E-state index contributed by atoms with van der Waals surface area (Å²) in [5.41, 5.74) is 2.65. The smallest absolute Gasteiger partial charge is 0.156 e. The number of rotatable bonds is 4. The fraction of sp³-hybridized carbons (Fsp3) is 0.111. The lowest BCUT2D eigenvalue weighted by Crippen LogP contribution is -2.11. The average molecular weight is 274 g/mol. The maximum Gasteiger partial charge on any atom is 0.156 e. The summed E-state index contributed by atoms with van der Waals surface area (Å²) >= 11 is 0. The molecule has 0 aliphatic heterocycles. The maximum absolute atomic E-state index is 12.2. The first kappa shape index (κ1) is 13.1. The molecule has 3 heteroatoms. The molecule has 3 rings (SSSR count). The number of Topliss-reactive ketones (excluding diaryl/α,β-unsaturated/α-hetero) is 1. The lowest BCUT2D eigenvalue weighted by Gasteiger charge is -2.05. The second-order valence-electron chi connectivity index (χ2n) is 5.03. The van der Waals surface area contributed by atoms with Crippen LogP contribution >= 0.6 is 0 Å². The van der Waals surface area contributed by atoms with Crippen molar-refractivity contribution in [1.82, 2.24) is 4.57 Å². The normalized spacial score (nSPS) is 10.4. The van der Waals surface area contributed by atoms with Crippen molar-refractivity contribution >= 4 is 16.7 Å². The summed E-state index contributed by atoms with van der Waals surface area (Å²) in [5.74, 6) is 0.169. The first-order valence-corrected chi connectivity index (χ1v) is 6.81. The summed E-state index contributed by atoms with van der Waals surface area (Å²) in [6.07, 6.45) is 2.34. The van der Waals surface area contributed by atoms with Gasteiger partial charge in [-0.2, -0.15) is 5.26 Å². The Balaban J connectivity index is 1.79. The van der Waals surface area contributed by atoms with Crippen LogP contribution in [0.4, 0.5) is 0 Å². The topological polar surface area (TPSA) is 45.8 Å². The number of ketones is 1. The lowest BCUT2D eigenvalue weighted by molar-refractivity contribution is -0.118. The number of benzene rings is 2. The van der Waals surface area contributed by atoms with Crippen LogP contribution in [0, 0.1) is 11.3 Å². The van der Waals surface area contributed by atoms with Gasteiger partial charge in [-0.05, 0) is 29.8 Å². The van der Waals surface area contributed by atoms with Gasteiger partial charge in [0.15, 0.2) is 5.78 Å². The van der Waals surface area contributed by atoms with Gasteiger partial charge in [0.2, 0.25) is 0 Å². The molecule has 0 radical (unpaired) electrons. The first-order chi connectivity index (χ1) is 10.3. The number of fused-ring (bicyclic) bond motifs is 1. The Morgan fingerprint density at radius 2 is 1.90 bits per heavy atom. The summed E-state index contributed by atoms with van der Waals surface area (Å²) in [5, 5.41) is 9.89. The molecule has 1 aromatic heterocycles. The van der Waals surface area contributed by atoms with Crippen LogP contribution in [0.3, 0.4) is 0 Å². The van der Waals surface area contributed by atoms with E-state index in [-0.39, 0.29) is 5.78 Å². The lowest BCUT2D eigenvalue weighted by atomic mass is 10.1. The summed E-state index contributed by atoms with van der Waals surface area (Å²) in [6, 6.07) is 19.3. The van der Waals surface area contributed by atoms with Crippen molar-refractivity contribution in [2.75, 3.05) is 0 Å². The van der Waals surface area contributed by atoms with Crippen molar-refractivity contribution in [2.45, 2.75) is 13.0 Å². The third-order valence-electron chi connectivity index (χ3n) is 3.49. The van der Waals surface area contributed by atoms with Crippen LogP contribution in [0.25, 0.3) is 10.9 Å². The maximum atomic E-state index is 12.2. The molecule has 3 aromatic rings. The van der Waals surface area contributed by atoms with E-state index in [0.29, 0.717) is 18.5 Å². The van der Waals surface area contributed by atoms with E-state index in [1.165, 1.54) is 0 Å². The molecule has 0 amide bonds. The Labute approximate surface area is 123 Å². The van der Waals surface area contributed by atoms with Gasteiger partial charge in [0, 0.05) is 23.5 Å². The summed E-state index contributed by atoms with van der Waals surface area (Å²) in [4.78, 5) is 12.2. The SMILES string of the molecule is N#Cc1ccc2c(ccn2CC(=O)Cc2ccccc2)c1. The molecule has 0 aliphatic carbocycles. The van der Waals surface area contributed by atoms with E-state index in [4.69, 9.17) is 5.26 Å². The summed E-state index contributed by atoms with van der Waals surface area (Å²) in [6.45, 7) is 0.351. The second kappa shape index (κ2) is 5.64. The molecule has 0 bridgehead atoms. The zero-order valence-electron chi connectivity index (χ0n) is 11.5. The van der Waals surface area contributed by atoms with E-state index in [1.807, 2.05) is 59.3 Å². The predicted molar refractivity (Wildman–Crippen MR) is 81.8 cm³/mol. The number of aromatic nitrogens is 1. The van der Waals surface area contributed by atoms with E-state index in [0.717, 1.165) is 16.5 Å². The predicted octanol–water partition coefficient (Wildman–Crippen LogP) is 3.32. The van der Waals surface area contributed by atoms with Crippen LogP contribution < -0.4 is 0 Å². The fourth-order valence-electron chi connectivity index (χ4n) is 2.48. The number of nitrogens with zero attached hydrogens (tertiary/aromatic N) is 2. The zero-order chi connectivity index (χ0) is 14.7. The van der Waals surface area contributed by atoms with Crippen molar-refractivity contribution in [3.05, 3.63) is 71.9 Å². The van der Waals surface area contributed by atoms with E-state index < -0.39 is 0 Å². The third-order valence-corrected chi connectivity index (χ3v) is 3.49. The highest BCUT2D eigenvalue weighted by atomic mass is 16.1. The van der Waals surface area contributed by atoms with E-state index in [1.54, 1.807) is 6.07 Å². The van der Waals surface area contributed by atoms with Gasteiger partial charge in [0.05, 0.1) is 18.2 Å². The Morgan fingerprint density at radius 3 is 2.67 bits per heavy atom. The third kappa shape index (κ3) is 2.85. The zero-order valence-corrected chi connectivity index (χ0v) is 11.5. The van der Waals surface area contributed by atoms with E-state index in [9.17, 15) is 4.79 Å². The number of hydrogen-bond donors (Lipinski definition) is 0. The number of nitriles is 1. The highest BCUT2D eigenvalue weighted by Crippen LogP contribution is 2.17. The fourth-order valence-corrected chi connectivity index (χ4v) is 2.48. The quantitative estimate of drug-likeness (QED) is 0.732. The molecule has 102 valence electrons. The van der Waals surface area contributed by atoms with Crippen molar-refractivity contribution in [2.24, 2.45) is 0 Å². The Morgan fingerprint density at radius 1 is 1.10 bits per heavy atom. The average Bonchev–Trinajstić information content (AvgIpc) is 2.90. The van der Waals surface area contributed by atoms with Crippen LogP contribution in [-0.4, -0.2) is 10.4 Å². The highest BCUT2D eigenvalue weighted by molar-refractivity contribution is 5.85. The highest BCUT2D eigenvalue weighted by Gasteiger charge is 2.08. The van der Waals surface area contributed by atoms with Crippen LogP contribution in [-0.2, 0) is 17.8 Å². The van der Waals surface area contributed by atoms with Gasteiger partial charge in [-0.15, -0.1) is 0 Å². The largest absolute Gasteiger partial charge is 0.340 e. The van der Waals surface area contributed by atoms with Gasteiger partial charge >= 0.3 is 0 Å². The standard InChI is InChI=1S/C18H14N2O/c19-12-15-6-7-18-16(10-15)8-9-20(18)13-17(21)11-14-4-2-1-3-5-14/h1-10H,11,13H2. The number of hydrogen-bond acceptors (Lipinski definition) is 2. The van der Waals surface area contributed by atoms with Crippen molar-refractivity contribution < 1.29 is 4.79 Å². The molecule has 0 aliphatic rings. The minimum atomic E-state index is 0.169. The molecule has 0 N–H and O–H groups in total. The van der Waals surface area contributed by atoms with Gasteiger partial charge in [0.25, 0.3) is 0 Å². The first-order valence-electron chi connectivity index (χ1n) is 6.81. The molecule has 21 heavy (non-hydrogen) atoms. The molecule has 0 saturated carbocycles. The molecule has 0 spiro atoms. The van der Waals surface area contributed by atoms with E-state index >= 15 is 0 Å². The Hall–Kier alpha value is -2.86. The van der Waals surface area contributed by atoms with Crippen LogP contribution in [0.15, 0.2) is 60.8 Å². The van der Waals surface area contributed by atoms with Crippen LogP contribution in [0.1, 0.15) is 11.1 Å². The summed E-state index contributed by atoms with van der Waals surface area (Å²) < 4.78 is 1.93. The monoisotopic (exact) mass is 274 g/mol. The minimum absolute atomic E-state index is 0.169. The van der Waals surface area contributed by atoms with Gasteiger partial charge < -0.3 is 4.57 Å².